The molecule has 1 aliphatic heterocycles. The van der Waals surface area contributed by atoms with E-state index in [4.69, 9.17) is 4.74 Å². The quantitative estimate of drug-likeness (QED) is 0.917. The normalized spacial score (nSPS) is 24.1. The molecule has 1 saturated heterocycles. The smallest absolute Gasteiger partial charge is 0.101 e. The summed E-state index contributed by atoms with van der Waals surface area (Å²) in [6.45, 7) is 4.76. The molecule has 1 aromatic heterocycles. The van der Waals surface area contributed by atoms with Crippen LogP contribution in [0.25, 0.3) is 10.9 Å². The van der Waals surface area contributed by atoms with Gasteiger partial charge in [-0.1, -0.05) is 12.8 Å². The Morgan fingerprint density at radius 2 is 2.12 bits per heavy atom. The Hall–Kier alpha value is -2.16. The molecule has 5 nitrogen and oxygen atoms in total. The van der Waals surface area contributed by atoms with E-state index in [0.29, 0.717) is 11.6 Å². The summed E-state index contributed by atoms with van der Waals surface area (Å²) in [6.07, 6.45) is 7.38. The summed E-state index contributed by atoms with van der Waals surface area (Å²) >= 11 is 0. The highest BCUT2D eigenvalue weighted by molar-refractivity contribution is 5.95. The van der Waals surface area contributed by atoms with E-state index in [1.165, 1.54) is 25.7 Å². The number of morpholine rings is 1. The van der Waals surface area contributed by atoms with Crippen molar-refractivity contribution < 1.29 is 4.74 Å². The van der Waals surface area contributed by atoms with Crippen molar-refractivity contribution in [2.75, 3.05) is 24.5 Å². The first-order chi connectivity index (χ1) is 12.7. The van der Waals surface area contributed by atoms with E-state index in [1.807, 2.05) is 12.1 Å². The van der Waals surface area contributed by atoms with Crippen LogP contribution in [-0.4, -0.2) is 42.9 Å². The van der Waals surface area contributed by atoms with Crippen LogP contribution in [-0.2, 0) is 4.74 Å². The topological polar surface area (TPSA) is 61.2 Å². The van der Waals surface area contributed by atoms with Gasteiger partial charge in [-0.25, -0.2) is 0 Å². The molecule has 0 bridgehead atoms. The maximum Gasteiger partial charge on any atom is 0.101 e. The Kier molecular flexibility index (Phi) is 5.05. The van der Waals surface area contributed by atoms with Crippen molar-refractivity contribution >= 4 is 16.6 Å². The number of hydrogen-bond donors (Lipinski definition) is 1. The molecule has 0 spiro atoms. The van der Waals surface area contributed by atoms with Crippen LogP contribution in [0.2, 0.25) is 0 Å². The Bertz CT molecular complexity index is 809. The van der Waals surface area contributed by atoms with Gasteiger partial charge >= 0.3 is 0 Å². The fourth-order valence-electron chi connectivity index (χ4n) is 4.31. The first kappa shape index (κ1) is 17.3. The minimum absolute atomic E-state index is 0.182. The van der Waals surface area contributed by atoms with Crippen molar-refractivity contribution in [3.63, 3.8) is 0 Å². The van der Waals surface area contributed by atoms with Crippen LogP contribution in [0.4, 0.5) is 5.69 Å². The second kappa shape index (κ2) is 7.61. The van der Waals surface area contributed by atoms with E-state index in [0.717, 1.165) is 36.2 Å². The van der Waals surface area contributed by atoms with E-state index in [2.05, 4.69) is 40.3 Å². The summed E-state index contributed by atoms with van der Waals surface area (Å²) in [5.74, 6) is 0. The number of nitriles is 1. The molecule has 5 heteroatoms. The second-order valence-corrected chi connectivity index (χ2v) is 7.51. The Labute approximate surface area is 155 Å². The van der Waals surface area contributed by atoms with Gasteiger partial charge in [-0.2, -0.15) is 5.26 Å². The third-order valence-corrected chi connectivity index (χ3v) is 5.52. The molecule has 1 aliphatic carbocycles. The second-order valence-electron chi connectivity index (χ2n) is 7.51. The van der Waals surface area contributed by atoms with E-state index in [1.54, 1.807) is 6.20 Å². The fraction of sp³-hybridized carbons (Fsp3) is 0.524. The molecule has 136 valence electrons. The summed E-state index contributed by atoms with van der Waals surface area (Å²) in [5, 5.41) is 14.1. The van der Waals surface area contributed by atoms with Crippen LogP contribution in [0.5, 0.6) is 0 Å². The number of benzene rings is 1. The zero-order valence-electron chi connectivity index (χ0n) is 15.3. The Balaban J connectivity index is 1.55. The third kappa shape index (κ3) is 3.53. The van der Waals surface area contributed by atoms with Crippen LogP contribution >= 0.6 is 0 Å². The number of pyridine rings is 1. The van der Waals surface area contributed by atoms with E-state index < -0.39 is 0 Å². The maximum absolute atomic E-state index is 9.36. The molecular weight excluding hydrogens is 324 g/mol. The predicted molar refractivity (Wildman–Crippen MR) is 103 cm³/mol. The van der Waals surface area contributed by atoms with Crippen LogP contribution < -0.4 is 10.2 Å². The van der Waals surface area contributed by atoms with Gasteiger partial charge in [0, 0.05) is 42.9 Å². The molecular formula is C21H26N4O. The van der Waals surface area contributed by atoms with Crippen molar-refractivity contribution in [1.82, 2.24) is 10.3 Å². The summed E-state index contributed by atoms with van der Waals surface area (Å²) in [5.41, 5.74) is 2.56. The molecule has 0 unspecified atom stereocenters. The highest BCUT2D eigenvalue weighted by Crippen LogP contribution is 2.30. The van der Waals surface area contributed by atoms with Crippen molar-refractivity contribution in [2.45, 2.75) is 50.9 Å². The lowest BCUT2D eigenvalue weighted by Gasteiger charge is -2.39. The van der Waals surface area contributed by atoms with Crippen LogP contribution in [0.15, 0.2) is 30.5 Å². The standard InChI is InChI=1S/C21H26N4O/c1-15-13-25(14-18(26-15)12-24-17-5-2-3-6-17)20-9-8-16(11-22)21-19(20)7-4-10-23-21/h4,7-10,15,17-18,24H,2-3,5-6,12-14H2,1H3/t15-,18+/m1/s1. The number of fused-ring (bicyclic) bond motifs is 1. The van der Waals surface area contributed by atoms with E-state index >= 15 is 0 Å². The summed E-state index contributed by atoms with van der Waals surface area (Å²) < 4.78 is 6.18. The van der Waals surface area contributed by atoms with Crippen LogP contribution in [0.1, 0.15) is 38.2 Å². The maximum atomic E-state index is 9.36. The Morgan fingerprint density at radius 1 is 1.27 bits per heavy atom. The minimum Gasteiger partial charge on any atom is -0.370 e. The number of hydrogen-bond acceptors (Lipinski definition) is 5. The van der Waals surface area contributed by atoms with Crippen LogP contribution in [0.3, 0.4) is 0 Å². The zero-order chi connectivity index (χ0) is 17.9. The molecule has 2 aliphatic rings. The number of ether oxygens (including phenoxy) is 1. The lowest BCUT2D eigenvalue weighted by molar-refractivity contribution is -0.0157. The van der Waals surface area contributed by atoms with Gasteiger partial charge in [0.2, 0.25) is 0 Å². The fourth-order valence-corrected chi connectivity index (χ4v) is 4.31. The van der Waals surface area contributed by atoms with Gasteiger partial charge in [-0.3, -0.25) is 4.98 Å². The van der Waals surface area contributed by atoms with Gasteiger partial charge in [0.15, 0.2) is 0 Å². The largest absolute Gasteiger partial charge is 0.370 e. The first-order valence-corrected chi connectivity index (χ1v) is 9.66. The van der Waals surface area contributed by atoms with Crippen molar-refractivity contribution in [1.29, 1.82) is 5.26 Å². The molecule has 1 N–H and O–H groups in total. The Morgan fingerprint density at radius 3 is 2.92 bits per heavy atom. The molecule has 4 rings (SSSR count). The number of nitrogens with zero attached hydrogens (tertiary/aromatic N) is 3. The van der Waals surface area contributed by atoms with Crippen molar-refractivity contribution in [3.8, 4) is 6.07 Å². The highest BCUT2D eigenvalue weighted by atomic mass is 16.5. The van der Waals surface area contributed by atoms with Gasteiger partial charge < -0.3 is 15.0 Å². The minimum atomic E-state index is 0.182. The first-order valence-electron chi connectivity index (χ1n) is 9.66. The average molecular weight is 350 g/mol. The van der Waals surface area contributed by atoms with Crippen molar-refractivity contribution in [2.24, 2.45) is 0 Å². The lowest BCUT2D eigenvalue weighted by atomic mass is 10.1. The molecule has 1 saturated carbocycles. The number of rotatable bonds is 4. The molecule has 0 amide bonds. The van der Waals surface area contributed by atoms with Gasteiger partial charge in [-0.15, -0.1) is 0 Å². The number of anilines is 1. The van der Waals surface area contributed by atoms with E-state index in [9.17, 15) is 5.26 Å². The van der Waals surface area contributed by atoms with Gasteiger partial charge in [0.1, 0.15) is 6.07 Å². The van der Waals surface area contributed by atoms with E-state index in [-0.39, 0.29) is 12.2 Å². The SMILES string of the molecule is C[C@@H]1CN(c2ccc(C#N)c3ncccc23)C[C@H](CNC2CCCC2)O1. The van der Waals surface area contributed by atoms with Crippen LogP contribution in [0, 0.1) is 11.3 Å². The third-order valence-electron chi connectivity index (χ3n) is 5.52. The molecule has 2 fully saturated rings. The van der Waals surface area contributed by atoms with Gasteiger partial charge in [-0.05, 0) is 44.0 Å². The molecule has 2 aromatic rings. The van der Waals surface area contributed by atoms with Gasteiger partial charge in [0.05, 0.1) is 23.3 Å². The zero-order valence-corrected chi connectivity index (χ0v) is 15.3. The summed E-state index contributed by atoms with van der Waals surface area (Å²) in [6, 6.07) is 10.9. The highest BCUT2D eigenvalue weighted by Gasteiger charge is 2.27. The molecule has 26 heavy (non-hydrogen) atoms. The molecule has 0 radical (unpaired) electrons. The summed E-state index contributed by atoms with van der Waals surface area (Å²) in [4.78, 5) is 6.83. The predicted octanol–water partition coefficient (Wildman–Crippen LogP) is 3.23. The number of nitrogens with one attached hydrogen (secondary N) is 1. The number of aromatic nitrogens is 1. The summed E-state index contributed by atoms with van der Waals surface area (Å²) in [7, 11) is 0. The lowest BCUT2D eigenvalue weighted by Crippen LogP contribution is -2.51. The van der Waals surface area contributed by atoms with Gasteiger partial charge in [0.25, 0.3) is 0 Å². The van der Waals surface area contributed by atoms with Crippen molar-refractivity contribution in [3.05, 3.63) is 36.0 Å². The molecule has 1 aromatic carbocycles. The average Bonchev–Trinajstić information content (AvgIpc) is 3.18. The molecule has 2 heterocycles. The molecule has 2 atom stereocenters. The monoisotopic (exact) mass is 350 g/mol.